The maximum absolute atomic E-state index is 14.9. The number of ether oxygens (including phenoxy) is 1. The molecule has 4 aromatic rings. The molecule has 5 rings (SSSR count). The van der Waals surface area contributed by atoms with Crippen molar-refractivity contribution in [2.45, 2.75) is 31.7 Å². The zero-order valence-corrected chi connectivity index (χ0v) is 21.2. The lowest BCUT2D eigenvalue weighted by atomic mass is 9.85. The van der Waals surface area contributed by atoms with Crippen molar-refractivity contribution in [3.05, 3.63) is 88.6 Å². The maximum Gasteiger partial charge on any atom is 0.215 e. The van der Waals surface area contributed by atoms with Crippen LogP contribution in [-0.4, -0.2) is 62.0 Å². The number of aliphatic hydroxyl groups is 1. The molecule has 37 heavy (non-hydrogen) atoms. The number of halogens is 2. The number of hydrogen-bond donors (Lipinski definition) is 1. The molecule has 0 aliphatic carbocycles. The van der Waals surface area contributed by atoms with Crippen LogP contribution >= 0.6 is 11.3 Å². The van der Waals surface area contributed by atoms with E-state index in [0.29, 0.717) is 38.7 Å². The van der Waals surface area contributed by atoms with Gasteiger partial charge < -0.3 is 14.7 Å². The van der Waals surface area contributed by atoms with Gasteiger partial charge in [-0.3, -0.25) is 4.90 Å². The molecule has 1 fully saturated rings. The van der Waals surface area contributed by atoms with Crippen LogP contribution in [0.4, 0.5) is 14.6 Å². The summed E-state index contributed by atoms with van der Waals surface area (Å²) in [7, 11) is 0. The predicted molar refractivity (Wildman–Crippen MR) is 136 cm³/mol. The number of pyridine rings is 1. The summed E-state index contributed by atoms with van der Waals surface area (Å²) in [6, 6.07) is 12.5. The van der Waals surface area contributed by atoms with Crippen LogP contribution in [0.5, 0.6) is 5.88 Å². The summed E-state index contributed by atoms with van der Waals surface area (Å²) >= 11 is 1.64. The molecule has 3 aromatic heterocycles. The molecule has 2 atom stereocenters. The van der Waals surface area contributed by atoms with E-state index < -0.39 is 23.3 Å². The van der Waals surface area contributed by atoms with E-state index in [1.807, 2.05) is 42.6 Å². The third-order valence-corrected chi connectivity index (χ3v) is 7.65. The largest absolute Gasteiger partial charge is 0.472 e. The molecule has 1 saturated heterocycles. The van der Waals surface area contributed by atoms with Crippen LogP contribution in [0, 0.1) is 11.6 Å². The van der Waals surface area contributed by atoms with E-state index in [2.05, 4.69) is 24.9 Å². The summed E-state index contributed by atoms with van der Waals surface area (Å²) in [5.41, 5.74) is -1.64. The fourth-order valence-electron chi connectivity index (χ4n) is 4.68. The highest BCUT2D eigenvalue weighted by Crippen LogP contribution is 2.33. The minimum Gasteiger partial charge on any atom is -0.472 e. The van der Waals surface area contributed by atoms with Gasteiger partial charge in [0.15, 0.2) is 0 Å². The molecule has 0 amide bonds. The van der Waals surface area contributed by atoms with Gasteiger partial charge in [-0.25, -0.2) is 18.4 Å². The predicted octanol–water partition coefficient (Wildman–Crippen LogP) is 3.69. The Hall–Kier alpha value is -3.41. The maximum atomic E-state index is 14.9. The van der Waals surface area contributed by atoms with Crippen molar-refractivity contribution in [3.8, 4) is 5.88 Å². The second-order valence-corrected chi connectivity index (χ2v) is 10.1. The first kappa shape index (κ1) is 25.2. The minimum absolute atomic E-state index is 0.0246. The van der Waals surface area contributed by atoms with Crippen molar-refractivity contribution in [1.29, 1.82) is 0 Å². The number of anilines is 1. The lowest BCUT2D eigenvalue weighted by molar-refractivity contribution is -0.0650. The fourth-order valence-corrected chi connectivity index (χ4v) is 5.30. The summed E-state index contributed by atoms with van der Waals surface area (Å²) in [6.07, 6.45) is 2.83. The summed E-state index contributed by atoms with van der Waals surface area (Å²) in [5.74, 6) is -0.106. The molecule has 1 aromatic carbocycles. The van der Waals surface area contributed by atoms with Crippen molar-refractivity contribution < 1.29 is 18.6 Å². The van der Waals surface area contributed by atoms with Crippen LogP contribution < -0.4 is 9.64 Å². The molecule has 1 aliphatic rings. The molecule has 0 radical (unpaired) electrons. The molecule has 8 nitrogen and oxygen atoms in total. The van der Waals surface area contributed by atoms with Crippen LogP contribution in [-0.2, 0) is 18.8 Å². The summed E-state index contributed by atoms with van der Waals surface area (Å²) in [4.78, 5) is 14.0. The Morgan fingerprint density at radius 3 is 2.65 bits per heavy atom. The highest BCUT2D eigenvalue weighted by atomic mass is 32.1. The van der Waals surface area contributed by atoms with Gasteiger partial charge in [-0.1, -0.05) is 18.2 Å². The van der Waals surface area contributed by atoms with Gasteiger partial charge in [-0.2, -0.15) is 10.1 Å². The highest BCUT2D eigenvalue weighted by molar-refractivity contribution is 7.09. The molecule has 0 bridgehead atoms. The van der Waals surface area contributed by atoms with Crippen molar-refractivity contribution >= 4 is 17.2 Å². The van der Waals surface area contributed by atoms with Gasteiger partial charge in [-0.05, 0) is 30.5 Å². The molecule has 0 unspecified atom stereocenters. The number of benzene rings is 1. The van der Waals surface area contributed by atoms with Gasteiger partial charge in [-0.15, -0.1) is 11.3 Å². The minimum atomic E-state index is -1.67. The zero-order chi connectivity index (χ0) is 25.8. The normalized spacial score (nSPS) is 16.9. The molecule has 1 aliphatic heterocycles. The Balaban J connectivity index is 1.29. The fraction of sp³-hybridized carbons (Fsp3) is 0.346. The third-order valence-electron chi connectivity index (χ3n) is 6.80. The second-order valence-electron chi connectivity index (χ2n) is 9.04. The van der Waals surface area contributed by atoms with Crippen molar-refractivity contribution in [2.75, 3.05) is 31.1 Å². The van der Waals surface area contributed by atoms with E-state index in [4.69, 9.17) is 4.74 Å². The van der Waals surface area contributed by atoms with Crippen LogP contribution in [0.2, 0.25) is 0 Å². The standard InChI is InChI=1S/C26H28F2N6O2S/c1-19(26(35,16-34-18-29-17-30-34)22-8-7-20(27)14-23(22)28)32-9-11-33(12-10-32)24-5-2-6-25(31-24)36-15-21-4-3-13-37-21/h2-8,13-14,17-19,35H,9-12,15-16H2,1H3/t19-,26-/m1/s1. The number of rotatable bonds is 9. The van der Waals surface area contributed by atoms with Gasteiger partial charge >= 0.3 is 0 Å². The molecule has 1 N–H and O–H groups in total. The number of nitrogens with zero attached hydrogens (tertiary/aromatic N) is 6. The van der Waals surface area contributed by atoms with Crippen LogP contribution in [0.1, 0.15) is 17.4 Å². The van der Waals surface area contributed by atoms with Crippen molar-refractivity contribution in [2.24, 2.45) is 0 Å². The van der Waals surface area contributed by atoms with E-state index in [1.165, 1.54) is 23.4 Å². The van der Waals surface area contributed by atoms with Gasteiger partial charge in [0, 0.05) is 54.8 Å². The average molecular weight is 527 g/mol. The Kier molecular flexibility index (Phi) is 7.45. The summed E-state index contributed by atoms with van der Waals surface area (Å²) in [6.45, 7) is 4.86. The van der Waals surface area contributed by atoms with E-state index >= 15 is 0 Å². The second kappa shape index (κ2) is 10.9. The summed E-state index contributed by atoms with van der Waals surface area (Å²) in [5, 5.41) is 18.0. The van der Waals surface area contributed by atoms with Crippen molar-refractivity contribution in [3.63, 3.8) is 0 Å². The zero-order valence-electron chi connectivity index (χ0n) is 20.4. The number of aromatic nitrogens is 4. The third kappa shape index (κ3) is 5.63. The summed E-state index contributed by atoms with van der Waals surface area (Å²) < 4.78 is 35.8. The van der Waals surface area contributed by atoms with Gasteiger partial charge in [0.1, 0.15) is 42.3 Å². The SMILES string of the molecule is C[C@@H](N1CCN(c2cccc(OCc3cccs3)n2)CC1)[C@](O)(Cn1cncn1)c1ccc(F)cc1F. The lowest BCUT2D eigenvalue weighted by Crippen LogP contribution is -2.57. The molecule has 0 saturated carbocycles. The number of piperazine rings is 1. The topological polar surface area (TPSA) is 79.5 Å². The Morgan fingerprint density at radius 2 is 1.95 bits per heavy atom. The average Bonchev–Trinajstić information content (AvgIpc) is 3.62. The molecular weight excluding hydrogens is 498 g/mol. The van der Waals surface area contributed by atoms with Crippen LogP contribution in [0.25, 0.3) is 0 Å². The first-order valence-corrected chi connectivity index (χ1v) is 12.9. The van der Waals surface area contributed by atoms with Crippen molar-refractivity contribution in [1.82, 2.24) is 24.6 Å². The monoisotopic (exact) mass is 526 g/mol. The molecule has 4 heterocycles. The molecule has 11 heteroatoms. The smallest absolute Gasteiger partial charge is 0.215 e. The lowest BCUT2D eigenvalue weighted by Gasteiger charge is -2.45. The Bertz CT molecular complexity index is 1300. The Labute approximate surface area is 217 Å². The van der Waals surface area contributed by atoms with Gasteiger partial charge in [0.05, 0.1) is 6.54 Å². The van der Waals surface area contributed by atoms with E-state index in [9.17, 15) is 13.9 Å². The van der Waals surface area contributed by atoms with Crippen LogP contribution in [0.15, 0.2) is 66.6 Å². The van der Waals surface area contributed by atoms with Gasteiger partial charge in [0.25, 0.3) is 0 Å². The first-order valence-electron chi connectivity index (χ1n) is 12.0. The van der Waals surface area contributed by atoms with E-state index in [0.717, 1.165) is 22.8 Å². The van der Waals surface area contributed by atoms with Crippen LogP contribution in [0.3, 0.4) is 0 Å². The molecular formula is C26H28F2N6O2S. The van der Waals surface area contributed by atoms with Gasteiger partial charge in [0.2, 0.25) is 5.88 Å². The molecule has 0 spiro atoms. The molecule has 194 valence electrons. The van der Waals surface area contributed by atoms with E-state index in [-0.39, 0.29) is 12.1 Å². The van der Waals surface area contributed by atoms with E-state index in [1.54, 1.807) is 11.3 Å². The Morgan fingerprint density at radius 1 is 1.11 bits per heavy atom. The highest BCUT2D eigenvalue weighted by Gasteiger charge is 2.42. The number of hydrogen-bond acceptors (Lipinski definition) is 8. The number of thiophene rings is 1. The first-order chi connectivity index (χ1) is 17.9. The quantitative estimate of drug-likeness (QED) is 0.356.